The Morgan fingerprint density at radius 1 is 1.21 bits per heavy atom. The quantitative estimate of drug-likeness (QED) is 0.680. The van der Waals surface area contributed by atoms with E-state index in [1.54, 1.807) is 6.20 Å². The van der Waals surface area contributed by atoms with E-state index >= 15 is 0 Å². The van der Waals surface area contributed by atoms with E-state index < -0.39 is 0 Å². The first-order chi connectivity index (χ1) is 6.84. The van der Waals surface area contributed by atoms with Gasteiger partial charge in [-0.3, -0.25) is 4.68 Å². The lowest BCUT2D eigenvalue weighted by molar-refractivity contribution is 0.532. The zero-order chi connectivity index (χ0) is 10.2. The predicted octanol–water partition coefficient (Wildman–Crippen LogP) is 2.83. The molecule has 0 fully saturated rings. The number of hydrogen-bond acceptors (Lipinski definition) is 2. The summed E-state index contributed by atoms with van der Waals surface area (Å²) in [6.07, 6.45) is 9.62. The summed E-state index contributed by atoms with van der Waals surface area (Å²) in [6.45, 7) is 3.20. The monoisotopic (exact) mass is 195 g/mol. The maximum atomic E-state index is 5.70. The van der Waals surface area contributed by atoms with Gasteiger partial charge in [-0.05, 0) is 12.5 Å². The lowest BCUT2D eigenvalue weighted by Gasteiger charge is -2.03. The Hall–Kier alpha value is -0.990. The summed E-state index contributed by atoms with van der Waals surface area (Å²) in [4.78, 5) is 0. The highest BCUT2D eigenvalue weighted by molar-refractivity contribution is 5.25. The number of hydrogen-bond donors (Lipinski definition) is 1. The Balaban J connectivity index is 2.02. The molecule has 2 N–H and O–H groups in total. The van der Waals surface area contributed by atoms with Gasteiger partial charge in [0.25, 0.3) is 0 Å². The maximum absolute atomic E-state index is 5.70. The van der Waals surface area contributed by atoms with Crippen LogP contribution in [0.25, 0.3) is 0 Å². The second-order valence-corrected chi connectivity index (χ2v) is 3.75. The Morgan fingerprint density at radius 3 is 2.57 bits per heavy atom. The molecule has 1 heterocycles. The molecule has 0 aromatic carbocycles. The van der Waals surface area contributed by atoms with E-state index in [9.17, 15) is 0 Å². The van der Waals surface area contributed by atoms with Crippen molar-refractivity contribution in [3.05, 3.63) is 12.3 Å². The minimum absolute atomic E-state index is 0.776. The first kappa shape index (κ1) is 11.1. The summed E-state index contributed by atoms with van der Waals surface area (Å²) in [5.41, 5.74) is 5.70. The topological polar surface area (TPSA) is 43.8 Å². The van der Waals surface area contributed by atoms with Crippen molar-refractivity contribution in [2.75, 3.05) is 5.73 Å². The molecule has 0 saturated heterocycles. The van der Waals surface area contributed by atoms with Crippen LogP contribution in [0.15, 0.2) is 12.3 Å². The van der Waals surface area contributed by atoms with E-state index in [4.69, 9.17) is 5.73 Å². The van der Waals surface area contributed by atoms with Crippen LogP contribution in [0.5, 0.6) is 0 Å². The lowest BCUT2D eigenvalue weighted by Crippen LogP contribution is -2.04. The van der Waals surface area contributed by atoms with E-state index in [2.05, 4.69) is 12.0 Å². The van der Waals surface area contributed by atoms with Gasteiger partial charge in [0.2, 0.25) is 0 Å². The van der Waals surface area contributed by atoms with Gasteiger partial charge in [-0.25, -0.2) is 0 Å². The standard InChI is InChI=1S/C11H21N3/c1-2-3-4-5-6-7-10-14-11(12)8-9-13-14/h8-9H,2-7,10,12H2,1H3. The van der Waals surface area contributed by atoms with E-state index in [1.165, 1.54) is 38.5 Å². The molecule has 1 aromatic rings. The van der Waals surface area contributed by atoms with Gasteiger partial charge in [-0.2, -0.15) is 5.10 Å². The number of anilines is 1. The zero-order valence-electron chi connectivity index (χ0n) is 9.08. The molecule has 0 bridgehead atoms. The number of unbranched alkanes of at least 4 members (excludes halogenated alkanes) is 5. The van der Waals surface area contributed by atoms with Crippen LogP contribution in [-0.4, -0.2) is 9.78 Å². The molecule has 14 heavy (non-hydrogen) atoms. The Labute approximate surface area is 86.3 Å². The van der Waals surface area contributed by atoms with Crippen molar-refractivity contribution >= 4 is 5.82 Å². The molecular formula is C11H21N3. The van der Waals surface area contributed by atoms with Crippen LogP contribution >= 0.6 is 0 Å². The van der Waals surface area contributed by atoms with Gasteiger partial charge in [0, 0.05) is 6.54 Å². The van der Waals surface area contributed by atoms with Crippen LogP contribution in [0.2, 0.25) is 0 Å². The number of aromatic nitrogens is 2. The van der Waals surface area contributed by atoms with E-state index in [1.807, 2.05) is 10.7 Å². The van der Waals surface area contributed by atoms with Crippen molar-refractivity contribution in [2.45, 2.75) is 52.0 Å². The second-order valence-electron chi connectivity index (χ2n) is 3.75. The first-order valence-corrected chi connectivity index (χ1v) is 5.62. The summed E-state index contributed by atoms with van der Waals surface area (Å²) < 4.78 is 1.87. The average Bonchev–Trinajstić information content (AvgIpc) is 2.58. The molecule has 3 heteroatoms. The molecule has 0 spiro atoms. The molecule has 1 rings (SSSR count). The molecule has 80 valence electrons. The van der Waals surface area contributed by atoms with Crippen LogP contribution in [0.3, 0.4) is 0 Å². The minimum Gasteiger partial charge on any atom is -0.384 e. The SMILES string of the molecule is CCCCCCCCn1nccc1N. The number of nitrogens with two attached hydrogens (primary N) is 1. The summed E-state index contributed by atoms with van der Waals surface area (Å²) in [7, 11) is 0. The third kappa shape index (κ3) is 3.81. The Kier molecular flexibility index (Phi) is 5.12. The summed E-state index contributed by atoms with van der Waals surface area (Å²) in [5.74, 6) is 0.776. The number of nitrogens with zero attached hydrogens (tertiary/aromatic N) is 2. The van der Waals surface area contributed by atoms with Gasteiger partial charge < -0.3 is 5.73 Å². The van der Waals surface area contributed by atoms with Gasteiger partial charge >= 0.3 is 0 Å². The van der Waals surface area contributed by atoms with Crippen LogP contribution in [0.1, 0.15) is 45.4 Å². The molecular weight excluding hydrogens is 174 g/mol. The van der Waals surface area contributed by atoms with E-state index in [-0.39, 0.29) is 0 Å². The Bertz CT molecular complexity index is 242. The summed E-state index contributed by atoms with van der Waals surface area (Å²) >= 11 is 0. The third-order valence-corrected chi connectivity index (χ3v) is 2.47. The van der Waals surface area contributed by atoms with Crippen molar-refractivity contribution < 1.29 is 0 Å². The molecule has 0 radical (unpaired) electrons. The van der Waals surface area contributed by atoms with Crippen LogP contribution < -0.4 is 5.73 Å². The molecule has 1 aromatic heterocycles. The van der Waals surface area contributed by atoms with Crippen LogP contribution in [0, 0.1) is 0 Å². The lowest BCUT2D eigenvalue weighted by atomic mass is 10.1. The van der Waals surface area contributed by atoms with Crippen molar-refractivity contribution in [2.24, 2.45) is 0 Å². The highest BCUT2D eigenvalue weighted by atomic mass is 15.3. The van der Waals surface area contributed by atoms with Gasteiger partial charge in [-0.1, -0.05) is 39.0 Å². The predicted molar refractivity (Wildman–Crippen MR) is 60.0 cm³/mol. The zero-order valence-corrected chi connectivity index (χ0v) is 9.08. The fourth-order valence-electron chi connectivity index (χ4n) is 1.57. The molecule has 0 aliphatic rings. The fourth-order valence-corrected chi connectivity index (χ4v) is 1.57. The van der Waals surface area contributed by atoms with Crippen molar-refractivity contribution in [3.63, 3.8) is 0 Å². The van der Waals surface area contributed by atoms with Gasteiger partial charge in [0.05, 0.1) is 6.20 Å². The van der Waals surface area contributed by atoms with E-state index in [0.29, 0.717) is 0 Å². The second kappa shape index (κ2) is 6.46. The van der Waals surface area contributed by atoms with Crippen LogP contribution in [0.4, 0.5) is 5.82 Å². The highest BCUT2D eigenvalue weighted by Gasteiger charge is 1.96. The molecule has 0 aliphatic carbocycles. The van der Waals surface area contributed by atoms with Crippen LogP contribution in [-0.2, 0) is 6.54 Å². The van der Waals surface area contributed by atoms with Crippen molar-refractivity contribution in [1.29, 1.82) is 0 Å². The molecule has 3 nitrogen and oxygen atoms in total. The normalized spacial score (nSPS) is 10.6. The average molecular weight is 195 g/mol. The number of aryl methyl sites for hydroxylation is 1. The van der Waals surface area contributed by atoms with Gasteiger partial charge in [-0.15, -0.1) is 0 Å². The van der Waals surface area contributed by atoms with Gasteiger partial charge in [0.15, 0.2) is 0 Å². The summed E-state index contributed by atoms with van der Waals surface area (Å²) in [5, 5.41) is 4.14. The number of nitrogen functional groups attached to an aromatic ring is 1. The molecule has 0 amide bonds. The fraction of sp³-hybridized carbons (Fsp3) is 0.727. The maximum Gasteiger partial charge on any atom is 0.121 e. The first-order valence-electron chi connectivity index (χ1n) is 5.62. The highest BCUT2D eigenvalue weighted by Crippen LogP contribution is 2.07. The number of rotatable bonds is 7. The van der Waals surface area contributed by atoms with E-state index in [0.717, 1.165) is 12.4 Å². The molecule has 0 atom stereocenters. The van der Waals surface area contributed by atoms with Crippen molar-refractivity contribution in [3.8, 4) is 0 Å². The largest absolute Gasteiger partial charge is 0.384 e. The summed E-state index contributed by atoms with van der Waals surface area (Å²) in [6, 6.07) is 1.84. The third-order valence-electron chi connectivity index (χ3n) is 2.47. The minimum atomic E-state index is 0.776. The molecule has 0 unspecified atom stereocenters. The molecule has 0 saturated carbocycles. The Morgan fingerprint density at radius 2 is 1.93 bits per heavy atom. The molecule has 0 aliphatic heterocycles. The van der Waals surface area contributed by atoms with Gasteiger partial charge in [0.1, 0.15) is 5.82 Å². The smallest absolute Gasteiger partial charge is 0.121 e. The van der Waals surface area contributed by atoms with Crippen molar-refractivity contribution in [1.82, 2.24) is 9.78 Å².